The van der Waals surface area contributed by atoms with Gasteiger partial charge >= 0.3 is 0 Å². The zero-order valence-corrected chi connectivity index (χ0v) is 13.6. The molecule has 1 atom stereocenters. The van der Waals surface area contributed by atoms with Gasteiger partial charge in [-0.05, 0) is 24.6 Å². The number of benzene rings is 1. The fourth-order valence-corrected chi connectivity index (χ4v) is 2.54. The van der Waals surface area contributed by atoms with Crippen LogP contribution in [0.2, 0.25) is 0 Å². The molecule has 0 bridgehead atoms. The first-order chi connectivity index (χ1) is 9.60. The highest BCUT2D eigenvalue weighted by atomic mass is 79.9. The van der Waals surface area contributed by atoms with Crippen molar-refractivity contribution in [1.82, 2.24) is 15.5 Å². The van der Waals surface area contributed by atoms with Crippen molar-refractivity contribution in [3.8, 4) is 0 Å². The molecule has 0 fully saturated rings. The largest absolute Gasteiger partial charge is 0.339 e. The normalized spacial score (nSPS) is 12.8. The summed E-state index contributed by atoms with van der Waals surface area (Å²) in [4.78, 5) is 4.48. The van der Waals surface area contributed by atoms with Gasteiger partial charge in [0.15, 0.2) is 5.82 Å². The predicted molar refractivity (Wildman–Crippen MR) is 82.6 cm³/mol. The Morgan fingerprint density at radius 1 is 1.30 bits per heavy atom. The first kappa shape index (κ1) is 15.2. The fraction of sp³-hybridized carbons (Fsp3) is 0.467. The van der Waals surface area contributed by atoms with Crippen LogP contribution in [0.25, 0.3) is 0 Å². The Labute approximate surface area is 128 Å². The molecule has 1 heterocycles. The molecule has 4 nitrogen and oxygen atoms in total. The first-order valence-corrected chi connectivity index (χ1v) is 7.61. The molecule has 0 saturated heterocycles. The average molecular weight is 338 g/mol. The van der Waals surface area contributed by atoms with Crippen LogP contribution in [0, 0.1) is 5.92 Å². The standard InChI is InChI=1S/C15H20BrN3O/c1-10(2)13(17-3)9-15-18-14(19-20-15)8-11-6-4-5-7-12(11)16/h4-7,10,13,17H,8-9H2,1-3H3. The van der Waals surface area contributed by atoms with Gasteiger partial charge in [-0.25, -0.2) is 0 Å². The van der Waals surface area contributed by atoms with Gasteiger partial charge in [-0.15, -0.1) is 0 Å². The number of hydrogen-bond acceptors (Lipinski definition) is 4. The van der Waals surface area contributed by atoms with E-state index in [-0.39, 0.29) is 0 Å². The summed E-state index contributed by atoms with van der Waals surface area (Å²) >= 11 is 3.53. The molecule has 0 aliphatic carbocycles. The van der Waals surface area contributed by atoms with Crippen molar-refractivity contribution >= 4 is 15.9 Å². The molecule has 0 aliphatic rings. The summed E-state index contributed by atoms with van der Waals surface area (Å²) in [6.07, 6.45) is 1.44. The van der Waals surface area contributed by atoms with Gasteiger partial charge in [-0.2, -0.15) is 4.98 Å². The Hall–Kier alpha value is -1.20. The lowest BCUT2D eigenvalue weighted by atomic mass is 10.0. The lowest BCUT2D eigenvalue weighted by Gasteiger charge is -2.17. The SMILES string of the molecule is CNC(Cc1nc(Cc2ccccc2Br)no1)C(C)C. The summed E-state index contributed by atoms with van der Waals surface area (Å²) in [6.45, 7) is 4.36. The van der Waals surface area contributed by atoms with Gasteiger partial charge in [-0.3, -0.25) is 0 Å². The van der Waals surface area contributed by atoms with Crippen molar-refractivity contribution in [2.75, 3.05) is 7.05 Å². The minimum Gasteiger partial charge on any atom is -0.339 e. The Bertz CT molecular complexity index is 554. The van der Waals surface area contributed by atoms with Crippen molar-refractivity contribution in [3.63, 3.8) is 0 Å². The van der Waals surface area contributed by atoms with Gasteiger partial charge in [0, 0.05) is 23.4 Å². The lowest BCUT2D eigenvalue weighted by molar-refractivity contribution is 0.333. The van der Waals surface area contributed by atoms with Crippen molar-refractivity contribution in [1.29, 1.82) is 0 Å². The molecule has 108 valence electrons. The van der Waals surface area contributed by atoms with Crippen LogP contribution in [0.1, 0.15) is 31.1 Å². The van der Waals surface area contributed by atoms with Gasteiger partial charge in [0.1, 0.15) is 0 Å². The summed E-state index contributed by atoms with van der Waals surface area (Å²) in [5.41, 5.74) is 1.16. The number of likely N-dealkylation sites (N-methyl/N-ethyl adjacent to an activating group) is 1. The monoisotopic (exact) mass is 337 g/mol. The maximum atomic E-state index is 5.34. The predicted octanol–water partition coefficient (Wildman–Crippen LogP) is 3.21. The van der Waals surface area contributed by atoms with Gasteiger partial charge in [0.05, 0.1) is 0 Å². The van der Waals surface area contributed by atoms with E-state index < -0.39 is 0 Å². The Morgan fingerprint density at radius 2 is 2.05 bits per heavy atom. The fourth-order valence-electron chi connectivity index (χ4n) is 2.12. The molecular formula is C15H20BrN3O. The van der Waals surface area contributed by atoms with Crippen molar-refractivity contribution in [3.05, 3.63) is 46.0 Å². The quantitative estimate of drug-likeness (QED) is 0.879. The van der Waals surface area contributed by atoms with E-state index in [9.17, 15) is 0 Å². The van der Waals surface area contributed by atoms with E-state index in [4.69, 9.17) is 4.52 Å². The van der Waals surface area contributed by atoms with E-state index >= 15 is 0 Å². The number of nitrogens with one attached hydrogen (secondary N) is 1. The van der Waals surface area contributed by atoms with E-state index in [1.54, 1.807) is 0 Å². The Kier molecular flexibility index (Phi) is 5.31. The average Bonchev–Trinajstić information content (AvgIpc) is 2.86. The second-order valence-electron chi connectivity index (χ2n) is 5.22. The highest BCUT2D eigenvalue weighted by Gasteiger charge is 2.16. The minimum atomic E-state index is 0.353. The van der Waals surface area contributed by atoms with Crippen LogP contribution in [0.3, 0.4) is 0 Å². The van der Waals surface area contributed by atoms with E-state index in [0.29, 0.717) is 24.3 Å². The molecule has 0 spiro atoms. The summed E-state index contributed by atoms with van der Waals surface area (Å²) in [7, 11) is 1.96. The molecular weight excluding hydrogens is 318 g/mol. The smallest absolute Gasteiger partial charge is 0.228 e. The Morgan fingerprint density at radius 3 is 2.70 bits per heavy atom. The van der Waals surface area contributed by atoms with Gasteiger partial charge in [-0.1, -0.05) is 53.1 Å². The summed E-state index contributed by atoms with van der Waals surface area (Å²) in [5.74, 6) is 1.95. The van der Waals surface area contributed by atoms with E-state index in [2.05, 4.69) is 51.3 Å². The third-order valence-electron chi connectivity index (χ3n) is 3.39. The zero-order chi connectivity index (χ0) is 14.5. The molecule has 0 radical (unpaired) electrons. The number of nitrogens with zero attached hydrogens (tertiary/aromatic N) is 2. The summed E-state index contributed by atoms with van der Waals surface area (Å²) in [6, 6.07) is 8.44. The molecule has 0 saturated carbocycles. The van der Waals surface area contributed by atoms with Crippen molar-refractivity contribution in [2.45, 2.75) is 32.7 Å². The van der Waals surface area contributed by atoms with E-state index in [1.807, 2.05) is 25.2 Å². The molecule has 1 aromatic heterocycles. The van der Waals surface area contributed by atoms with E-state index in [0.717, 1.165) is 22.3 Å². The minimum absolute atomic E-state index is 0.353. The lowest BCUT2D eigenvalue weighted by Crippen LogP contribution is -2.32. The molecule has 1 unspecified atom stereocenters. The van der Waals surface area contributed by atoms with Gasteiger partial charge < -0.3 is 9.84 Å². The number of aromatic nitrogens is 2. The molecule has 0 amide bonds. The molecule has 0 aliphatic heterocycles. The third kappa shape index (κ3) is 3.90. The number of halogens is 1. The van der Waals surface area contributed by atoms with Crippen LogP contribution >= 0.6 is 15.9 Å². The molecule has 5 heteroatoms. The van der Waals surface area contributed by atoms with Crippen LogP contribution in [-0.2, 0) is 12.8 Å². The van der Waals surface area contributed by atoms with Crippen LogP contribution in [0.4, 0.5) is 0 Å². The maximum Gasteiger partial charge on any atom is 0.228 e. The number of rotatable bonds is 6. The number of hydrogen-bond donors (Lipinski definition) is 1. The topological polar surface area (TPSA) is 51.0 Å². The molecule has 1 aromatic carbocycles. The van der Waals surface area contributed by atoms with Crippen molar-refractivity contribution < 1.29 is 4.52 Å². The van der Waals surface area contributed by atoms with Crippen molar-refractivity contribution in [2.24, 2.45) is 5.92 Å². The van der Waals surface area contributed by atoms with Gasteiger partial charge in [0.2, 0.25) is 5.89 Å². The van der Waals surface area contributed by atoms with Crippen LogP contribution < -0.4 is 5.32 Å². The highest BCUT2D eigenvalue weighted by molar-refractivity contribution is 9.10. The van der Waals surface area contributed by atoms with Gasteiger partial charge in [0.25, 0.3) is 0 Å². The second kappa shape index (κ2) is 6.99. The molecule has 20 heavy (non-hydrogen) atoms. The second-order valence-corrected chi connectivity index (χ2v) is 6.07. The van der Waals surface area contributed by atoms with E-state index in [1.165, 1.54) is 0 Å². The Balaban J connectivity index is 2.04. The summed E-state index contributed by atoms with van der Waals surface area (Å²) < 4.78 is 6.41. The zero-order valence-electron chi connectivity index (χ0n) is 12.1. The highest BCUT2D eigenvalue weighted by Crippen LogP contribution is 2.18. The maximum absolute atomic E-state index is 5.34. The first-order valence-electron chi connectivity index (χ1n) is 6.82. The molecule has 2 rings (SSSR count). The molecule has 1 N–H and O–H groups in total. The summed E-state index contributed by atoms with van der Waals surface area (Å²) in [5, 5.41) is 7.35. The van der Waals surface area contributed by atoms with Crippen LogP contribution in [0.5, 0.6) is 0 Å². The molecule has 2 aromatic rings. The van der Waals surface area contributed by atoms with Crippen LogP contribution in [0.15, 0.2) is 33.3 Å². The third-order valence-corrected chi connectivity index (χ3v) is 4.16. The van der Waals surface area contributed by atoms with Crippen LogP contribution in [-0.4, -0.2) is 23.2 Å².